The van der Waals surface area contributed by atoms with Gasteiger partial charge in [0.1, 0.15) is 0 Å². The van der Waals surface area contributed by atoms with Crippen LogP contribution in [0, 0.1) is 13.8 Å². The number of hydrogen-bond acceptors (Lipinski definition) is 5. The maximum atomic E-state index is 12.5. The maximum Gasteiger partial charge on any atom is 0.233 e. The molecule has 0 radical (unpaired) electrons. The number of rotatable bonds is 4. The first-order valence-corrected chi connectivity index (χ1v) is 10.5. The van der Waals surface area contributed by atoms with Crippen LogP contribution in [0.2, 0.25) is 0 Å². The quantitative estimate of drug-likeness (QED) is 0.694. The molecule has 0 aliphatic carbocycles. The van der Waals surface area contributed by atoms with Gasteiger partial charge >= 0.3 is 0 Å². The van der Waals surface area contributed by atoms with Gasteiger partial charge in [-0.25, -0.2) is 4.98 Å². The highest BCUT2D eigenvalue weighted by molar-refractivity contribution is 9.10. The Hall–Kier alpha value is -1.05. The average molecular weight is 426 g/mol. The molecule has 4 nitrogen and oxygen atoms in total. The second-order valence-electron chi connectivity index (χ2n) is 5.84. The molecule has 1 aliphatic heterocycles. The number of hydrogen-bond donors (Lipinski definition) is 0. The van der Waals surface area contributed by atoms with Gasteiger partial charge in [-0.05, 0) is 37.1 Å². The van der Waals surface area contributed by atoms with Gasteiger partial charge in [0.25, 0.3) is 0 Å². The number of anilines is 1. The molecule has 0 spiro atoms. The van der Waals surface area contributed by atoms with Crippen molar-refractivity contribution in [3.63, 3.8) is 0 Å². The van der Waals surface area contributed by atoms with Crippen LogP contribution >= 0.6 is 39.0 Å². The van der Waals surface area contributed by atoms with Gasteiger partial charge < -0.3 is 9.80 Å². The van der Waals surface area contributed by atoms with E-state index in [4.69, 9.17) is 0 Å². The van der Waals surface area contributed by atoms with Crippen molar-refractivity contribution in [1.29, 1.82) is 0 Å². The molecule has 7 heteroatoms. The minimum Gasteiger partial charge on any atom is -0.345 e. The topological polar surface area (TPSA) is 36.4 Å². The third kappa shape index (κ3) is 4.13. The summed E-state index contributed by atoms with van der Waals surface area (Å²) in [5.41, 5.74) is 2.41. The summed E-state index contributed by atoms with van der Waals surface area (Å²) >= 11 is 6.84. The zero-order valence-electron chi connectivity index (χ0n) is 13.8. The summed E-state index contributed by atoms with van der Waals surface area (Å²) in [6.45, 7) is 7.44. The molecule has 0 bridgehead atoms. The minimum absolute atomic E-state index is 0.221. The zero-order valence-corrected chi connectivity index (χ0v) is 17.0. The van der Waals surface area contributed by atoms with Gasteiger partial charge in [0.2, 0.25) is 5.91 Å². The number of amides is 1. The molecule has 24 heavy (non-hydrogen) atoms. The van der Waals surface area contributed by atoms with E-state index < -0.39 is 0 Å². The summed E-state index contributed by atoms with van der Waals surface area (Å²) in [5.74, 6) is 0.720. The van der Waals surface area contributed by atoms with E-state index in [1.54, 1.807) is 23.1 Å². The number of aryl methyl sites for hydroxylation is 2. The highest BCUT2D eigenvalue weighted by atomic mass is 79.9. The van der Waals surface area contributed by atoms with E-state index in [1.807, 2.05) is 16.5 Å². The molecular formula is C17H20BrN3OS2. The normalized spacial score (nSPS) is 15.0. The summed E-state index contributed by atoms with van der Waals surface area (Å²) in [6, 6.07) is 4.27. The van der Waals surface area contributed by atoms with Crippen LogP contribution in [0.15, 0.2) is 33.1 Å². The first-order chi connectivity index (χ1) is 11.5. The number of carbonyl (C=O) groups is 1. The lowest BCUT2D eigenvalue weighted by Crippen LogP contribution is -2.49. The molecule has 1 aliphatic rings. The Labute approximate surface area is 159 Å². The van der Waals surface area contributed by atoms with Crippen LogP contribution in [0.4, 0.5) is 5.13 Å². The van der Waals surface area contributed by atoms with Crippen molar-refractivity contribution in [2.45, 2.75) is 18.7 Å². The maximum absolute atomic E-state index is 12.5. The summed E-state index contributed by atoms with van der Waals surface area (Å²) in [4.78, 5) is 22.2. The molecule has 0 unspecified atom stereocenters. The van der Waals surface area contributed by atoms with Crippen molar-refractivity contribution in [1.82, 2.24) is 9.88 Å². The number of nitrogens with zero attached hydrogens (tertiary/aromatic N) is 3. The average Bonchev–Trinajstić information content (AvgIpc) is 3.11. The van der Waals surface area contributed by atoms with E-state index >= 15 is 0 Å². The van der Waals surface area contributed by atoms with Gasteiger partial charge in [0.05, 0.1) is 5.75 Å². The third-order valence-electron chi connectivity index (χ3n) is 4.13. The number of carbonyl (C=O) groups excluding carboxylic acids is 1. The summed E-state index contributed by atoms with van der Waals surface area (Å²) in [7, 11) is 0. The number of halogens is 1. The Morgan fingerprint density at radius 2 is 2.00 bits per heavy atom. The number of aromatic nitrogens is 1. The molecule has 1 aromatic heterocycles. The van der Waals surface area contributed by atoms with E-state index in [0.717, 1.165) is 35.8 Å². The predicted octanol–water partition coefficient (Wildman–Crippen LogP) is 3.96. The van der Waals surface area contributed by atoms with Gasteiger partial charge in [-0.1, -0.05) is 15.9 Å². The molecular weight excluding hydrogens is 406 g/mol. The first-order valence-electron chi connectivity index (χ1n) is 7.86. The number of piperazine rings is 1. The summed E-state index contributed by atoms with van der Waals surface area (Å²) in [6.07, 6.45) is 1.83. The van der Waals surface area contributed by atoms with Crippen LogP contribution in [0.3, 0.4) is 0 Å². The van der Waals surface area contributed by atoms with E-state index in [0.29, 0.717) is 5.75 Å². The standard InChI is InChI=1S/C17H20BrN3OS2/c1-12-10-15(13(2)9-14(12)18)24-11-16(22)20-4-6-21(7-5-20)17-19-3-8-23-17/h3,8-10H,4-7,11H2,1-2H3. The predicted molar refractivity (Wildman–Crippen MR) is 105 cm³/mol. The monoisotopic (exact) mass is 425 g/mol. The van der Waals surface area contributed by atoms with Crippen LogP contribution in [0.1, 0.15) is 11.1 Å². The van der Waals surface area contributed by atoms with Crippen LogP contribution in [-0.4, -0.2) is 47.7 Å². The molecule has 0 atom stereocenters. The fourth-order valence-corrected chi connectivity index (χ4v) is 4.82. The first kappa shape index (κ1) is 17.8. The zero-order chi connectivity index (χ0) is 17.1. The minimum atomic E-state index is 0.221. The van der Waals surface area contributed by atoms with Crippen molar-refractivity contribution >= 4 is 50.1 Å². The second kappa shape index (κ2) is 7.89. The fourth-order valence-electron chi connectivity index (χ4n) is 2.66. The largest absolute Gasteiger partial charge is 0.345 e. The van der Waals surface area contributed by atoms with Crippen molar-refractivity contribution in [2.24, 2.45) is 0 Å². The summed E-state index contributed by atoms with van der Waals surface area (Å²) < 4.78 is 1.12. The lowest BCUT2D eigenvalue weighted by Gasteiger charge is -2.34. The fraction of sp³-hybridized carbons (Fsp3) is 0.412. The van der Waals surface area contributed by atoms with Crippen LogP contribution < -0.4 is 4.90 Å². The molecule has 3 rings (SSSR count). The van der Waals surface area contributed by atoms with Crippen molar-refractivity contribution in [3.05, 3.63) is 39.3 Å². The van der Waals surface area contributed by atoms with E-state index in [9.17, 15) is 4.79 Å². The molecule has 128 valence electrons. The Kier molecular flexibility index (Phi) is 5.84. The number of thioether (sulfide) groups is 1. The smallest absolute Gasteiger partial charge is 0.233 e. The molecule has 1 amide bonds. The molecule has 2 heterocycles. The lowest BCUT2D eigenvalue weighted by atomic mass is 10.2. The van der Waals surface area contributed by atoms with Gasteiger partial charge in [0, 0.05) is 47.1 Å². The van der Waals surface area contributed by atoms with E-state index in [2.05, 4.69) is 51.8 Å². The van der Waals surface area contributed by atoms with Crippen LogP contribution in [0.5, 0.6) is 0 Å². The molecule has 1 saturated heterocycles. The van der Waals surface area contributed by atoms with Crippen molar-refractivity contribution in [2.75, 3.05) is 36.8 Å². The lowest BCUT2D eigenvalue weighted by molar-refractivity contribution is -0.128. The number of thiazole rings is 1. The highest BCUT2D eigenvalue weighted by Crippen LogP contribution is 2.28. The van der Waals surface area contributed by atoms with Crippen LogP contribution in [-0.2, 0) is 4.79 Å². The molecule has 2 aromatic rings. The van der Waals surface area contributed by atoms with Gasteiger partial charge in [-0.3, -0.25) is 4.79 Å². The Morgan fingerprint density at radius 3 is 2.67 bits per heavy atom. The van der Waals surface area contributed by atoms with Crippen molar-refractivity contribution < 1.29 is 4.79 Å². The Balaban J connectivity index is 1.52. The third-order valence-corrected chi connectivity index (χ3v) is 6.96. The number of benzene rings is 1. The van der Waals surface area contributed by atoms with Crippen LogP contribution in [0.25, 0.3) is 0 Å². The summed E-state index contributed by atoms with van der Waals surface area (Å²) in [5, 5.41) is 3.05. The Morgan fingerprint density at radius 1 is 1.25 bits per heavy atom. The molecule has 0 saturated carbocycles. The van der Waals surface area contributed by atoms with Gasteiger partial charge in [0.15, 0.2) is 5.13 Å². The van der Waals surface area contributed by atoms with Gasteiger partial charge in [-0.2, -0.15) is 0 Å². The van der Waals surface area contributed by atoms with E-state index in [1.165, 1.54) is 16.0 Å². The molecule has 1 aromatic carbocycles. The van der Waals surface area contributed by atoms with Gasteiger partial charge in [-0.15, -0.1) is 23.1 Å². The van der Waals surface area contributed by atoms with Crippen molar-refractivity contribution in [3.8, 4) is 0 Å². The Bertz CT molecular complexity index is 713. The van der Waals surface area contributed by atoms with E-state index in [-0.39, 0.29) is 5.91 Å². The molecule has 1 fully saturated rings. The second-order valence-corrected chi connectivity index (χ2v) is 8.58. The molecule has 0 N–H and O–H groups in total. The SMILES string of the molecule is Cc1cc(SCC(=O)N2CCN(c3nccs3)CC2)c(C)cc1Br. The highest BCUT2D eigenvalue weighted by Gasteiger charge is 2.22.